The molecule has 3 nitrogen and oxygen atoms in total. The zero-order valence-electron chi connectivity index (χ0n) is 11.2. The van der Waals surface area contributed by atoms with E-state index in [0.29, 0.717) is 0 Å². The lowest BCUT2D eigenvalue weighted by Gasteiger charge is -2.11. The molecule has 6 heteroatoms. The van der Waals surface area contributed by atoms with Crippen molar-refractivity contribution in [3.05, 3.63) is 58.1 Å². The molecule has 21 heavy (non-hydrogen) atoms. The number of benzene rings is 2. The second kappa shape index (κ2) is 6.10. The molecule has 0 saturated carbocycles. The molecule has 0 radical (unpaired) electrons. The summed E-state index contributed by atoms with van der Waals surface area (Å²) in [6, 6.07) is 5.34. The minimum atomic E-state index is -0.813. The van der Waals surface area contributed by atoms with E-state index in [4.69, 9.17) is 21.1 Å². The number of hydrogen-bond donors (Lipinski definition) is 0. The van der Waals surface area contributed by atoms with E-state index in [2.05, 4.69) is 0 Å². The molecule has 0 bridgehead atoms. The lowest BCUT2D eigenvalue weighted by molar-refractivity contribution is 0.103. The average Bonchev–Trinajstić information content (AvgIpc) is 2.48. The SMILES string of the molecule is COc1cc(C(=O)c2cc(F)ccc2F)cc(Cl)c1OC. The first kappa shape index (κ1) is 15.3. The Morgan fingerprint density at radius 1 is 1.10 bits per heavy atom. The zero-order valence-corrected chi connectivity index (χ0v) is 12.0. The van der Waals surface area contributed by atoms with Gasteiger partial charge in [0.2, 0.25) is 0 Å². The Labute approximate surface area is 125 Å². The third kappa shape index (κ3) is 2.97. The van der Waals surface area contributed by atoms with Crippen LogP contribution in [0, 0.1) is 11.6 Å². The summed E-state index contributed by atoms with van der Waals surface area (Å²) in [5.41, 5.74) is -0.305. The monoisotopic (exact) mass is 312 g/mol. The highest BCUT2D eigenvalue weighted by Crippen LogP contribution is 2.36. The summed E-state index contributed by atoms with van der Waals surface area (Å²) in [7, 11) is 2.78. The normalized spacial score (nSPS) is 10.3. The fourth-order valence-electron chi connectivity index (χ4n) is 1.88. The maximum absolute atomic E-state index is 13.7. The van der Waals surface area contributed by atoms with Crippen LogP contribution in [0.15, 0.2) is 30.3 Å². The van der Waals surface area contributed by atoms with Gasteiger partial charge in [0.1, 0.15) is 11.6 Å². The third-order valence-corrected chi connectivity index (χ3v) is 3.15. The van der Waals surface area contributed by atoms with Gasteiger partial charge < -0.3 is 9.47 Å². The topological polar surface area (TPSA) is 35.5 Å². The number of hydrogen-bond acceptors (Lipinski definition) is 3. The van der Waals surface area contributed by atoms with Crippen molar-refractivity contribution < 1.29 is 23.0 Å². The molecule has 0 aliphatic heterocycles. The minimum Gasteiger partial charge on any atom is -0.493 e. The maximum Gasteiger partial charge on any atom is 0.196 e. The second-order valence-electron chi connectivity index (χ2n) is 4.15. The molecular weight excluding hydrogens is 302 g/mol. The summed E-state index contributed by atoms with van der Waals surface area (Å²) in [4.78, 5) is 12.3. The zero-order chi connectivity index (χ0) is 15.6. The maximum atomic E-state index is 13.7. The van der Waals surface area contributed by atoms with Crippen LogP contribution >= 0.6 is 11.6 Å². The Kier molecular flexibility index (Phi) is 4.43. The van der Waals surface area contributed by atoms with Crippen LogP contribution in [0.1, 0.15) is 15.9 Å². The van der Waals surface area contributed by atoms with Gasteiger partial charge in [-0.25, -0.2) is 8.78 Å². The lowest BCUT2D eigenvalue weighted by Crippen LogP contribution is -2.06. The Morgan fingerprint density at radius 2 is 1.81 bits per heavy atom. The Bertz CT molecular complexity index is 702. The van der Waals surface area contributed by atoms with Crippen LogP contribution in [0.2, 0.25) is 5.02 Å². The van der Waals surface area contributed by atoms with Gasteiger partial charge in [-0.15, -0.1) is 0 Å². The van der Waals surface area contributed by atoms with Crippen molar-refractivity contribution in [2.45, 2.75) is 0 Å². The van der Waals surface area contributed by atoms with E-state index in [9.17, 15) is 13.6 Å². The van der Waals surface area contributed by atoms with Gasteiger partial charge in [0.05, 0.1) is 24.8 Å². The molecule has 0 amide bonds. The van der Waals surface area contributed by atoms with Crippen molar-refractivity contribution in [3.8, 4) is 11.5 Å². The van der Waals surface area contributed by atoms with Crippen LogP contribution in [-0.4, -0.2) is 20.0 Å². The first-order valence-corrected chi connectivity index (χ1v) is 6.27. The molecule has 0 aromatic heterocycles. The summed E-state index contributed by atoms with van der Waals surface area (Å²) in [6.45, 7) is 0. The van der Waals surface area contributed by atoms with E-state index in [1.165, 1.54) is 26.4 Å². The second-order valence-corrected chi connectivity index (χ2v) is 4.55. The summed E-state index contributed by atoms with van der Waals surface area (Å²) in [5.74, 6) is -1.73. The molecule has 0 unspecified atom stereocenters. The number of carbonyl (C=O) groups excluding carboxylic acids is 1. The molecule has 0 spiro atoms. The fraction of sp³-hybridized carbons (Fsp3) is 0.133. The van der Waals surface area contributed by atoms with Crippen LogP contribution in [0.3, 0.4) is 0 Å². The molecule has 0 N–H and O–H groups in total. The Hall–Kier alpha value is -2.14. The molecule has 0 heterocycles. The molecule has 2 rings (SSSR count). The van der Waals surface area contributed by atoms with Gasteiger partial charge in [0, 0.05) is 5.56 Å². The molecule has 110 valence electrons. The summed E-state index contributed by atoms with van der Waals surface area (Å²) >= 11 is 5.99. The van der Waals surface area contributed by atoms with Crippen LogP contribution in [0.4, 0.5) is 8.78 Å². The number of methoxy groups -OCH3 is 2. The van der Waals surface area contributed by atoms with E-state index < -0.39 is 17.4 Å². The van der Waals surface area contributed by atoms with Gasteiger partial charge in [-0.05, 0) is 30.3 Å². The van der Waals surface area contributed by atoms with E-state index >= 15 is 0 Å². The van der Waals surface area contributed by atoms with Gasteiger partial charge in [-0.3, -0.25) is 4.79 Å². The van der Waals surface area contributed by atoms with Crippen molar-refractivity contribution in [2.24, 2.45) is 0 Å². The van der Waals surface area contributed by atoms with Crippen LogP contribution in [0.25, 0.3) is 0 Å². The number of ketones is 1. The highest BCUT2D eigenvalue weighted by molar-refractivity contribution is 6.33. The van der Waals surface area contributed by atoms with E-state index in [0.717, 1.165) is 18.2 Å². The van der Waals surface area contributed by atoms with Crippen molar-refractivity contribution in [2.75, 3.05) is 14.2 Å². The van der Waals surface area contributed by atoms with E-state index in [-0.39, 0.29) is 27.6 Å². The van der Waals surface area contributed by atoms with E-state index in [1.54, 1.807) is 0 Å². The molecule has 0 saturated heterocycles. The highest BCUT2D eigenvalue weighted by Gasteiger charge is 2.19. The summed E-state index contributed by atoms with van der Waals surface area (Å²) in [6.07, 6.45) is 0. The fourth-order valence-corrected chi connectivity index (χ4v) is 2.16. The van der Waals surface area contributed by atoms with Crippen molar-refractivity contribution >= 4 is 17.4 Å². The smallest absolute Gasteiger partial charge is 0.196 e. The lowest BCUT2D eigenvalue weighted by atomic mass is 10.0. The first-order valence-electron chi connectivity index (χ1n) is 5.89. The molecule has 0 aliphatic rings. The minimum absolute atomic E-state index is 0.0714. The molecule has 2 aromatic carbocycles. The number of halogens is 3. The Balaban J connectivity index is 2.53. The predicted molar refractivity (Wildman–Crippen MR) is 74.3 cm³/mol. The van der Waals surface area contributed by atoms with Crippen molar-refractivity contribution in [1.29, 1.82) is 0 Å². The van der Waals surface area contributed by atoms with Gasteiger partial charge >= 0.3 is 0 Å². The van der Waals surface area contributed by atoms with Gasteiger partial charge in [0.25, 0.3) is 0 Å². The molecule has 0 fully saturated rings. The summed E-state index contributed by atoms with van der Waals surface area (Å²) in [5, 5.41) is 0.136. The standard InChI is InChI=1S/C15H11ClF2O3/c1-20-13-6-8(5-11(16)15(13)21-2)14(19)10-7-9(17)3-4-12(10)18/h3-7H,1-2H3. The predicted octanol–water partition coefficient (Wildman–Crippen LogP) is 3.87. The highest BCUT2D eigenvalue weighted by atomic mass is 35.5. The first-order chi connectivity index (χ1) is 9.97. The van der Waals surface area contributed by atoms with Gasteiger partial charge in [0.15, 0.2) is 17.3 Å². The van der Waals surface area contributed by atoms with Crippen LogP contribution in [0.5, 0.6) is 11.5 Å². The molecular formula is C15H11ClF2O3. The van der Waals surface area contributed by atoms with Crippen molar-refractivity contribution in [3.63, 3.8) is 0 Å². The summed E-state index contributed by atoms with van der Waals surface area (Å²) < 4.78 is 37.0. The third-order valence-electron chi connectivity index (χ3n) is 2.87. The number of rotatable bonds is 4. The van der Waals surface area contributed by atoms with Crippen LogP contribution in [-0.2, 0) is 0 Å². The average molecular weight is 313 g/mol. The van der Waals surface area contributed by atoms with Gasteiger partial charge in [-0.1, -0.05) is 11.6 Å². The molecule has 0 atom stereocenters. The molecule has 2 aromatic rings. The quantitative estimate of drug-likeness (QED) is 0.804. The van der Waals surface area contributed by atoms with Gasteiger partial charge in [-0.2, -0.15) is 0 Å². The van der Waals surface area contributed by atoms with E-state index in [1.807, 2.05) is 0 Å². The largest absolute Gasteiger partial charge is 0.493 e. The van der Waals surface area contributed by atoms with Crippen molar-refractivity contribution in [1.82, 2.24) is 0 Å². The number of carbonyl (C=O) groups is 1. The molecule has 0 aliphatic carbocycles. The Morgan fingerprint density at radius 3 is 2.43 bits per heavy atom. The van der Waals surface area contributed by atoms with Crippen LogP contribution < -0.4 is 9.47 Å². The number of ether oxygens (including phenoxy) is 2.